The highest BCUT2D eigenvalue weighted by Crippen LogP contribution is 2.16. The van der Waals surface area contributed by atoms with Gasteiger partial charge in [-0.15, -0.1) is 0 Å². The van der Waals surface area contributed by atoms with Crippen LogP contribution in [0, 0.1) is 13.8 Å². The standard InChI is InChI=1S/C21H27N3O3/c1-5-24(6-2)18-9-8-17(20(25)12-18)13-22-23-21(26)14-27-19-10-7-15(3)16(4)11-19/h7-13,25H,5-6,14H2,1-4H3,(H,23,26). The number of hydrazone groups is 1. The summed E-state index contributed by atoms with van der Waals surface area (Å²) in [5.74, 6) is 0.131. The van der Waals surface area contributed by atoms with Crippen LogP contribution in [0.4, 0.5) is 5.69 Å². The van der Waals surface area contributed by atoms with Crippen LogP contribution >= 0.6 is 0 Å². The average Bonchev–Trinajstić information content (AvgIpc) is 2.65. The van der Waals surface area contributed by atoms with Crippen molar-refractivity contribution in [3.05, 3.63) is 53.1 Å². The van der Waals surface area contributed by atoms with Gasteiger partial charge in [-0.25, -0.2) is 5.43 Å². The molecule has 144 valence electrons. The zero-order chi connectivity index (χ0) is 19.8. The van der Waals surface area contributed by atoms with Crippen LogP contribution < -0.4 is 20.2 Å². The molecule has 0 aliphatic rings. The van der Waals surface area contributed by atoms with Gasteiger partial charge in [-0.3, -0.25) is 4.79 Å². The second kappa shape index (κ2) is 9.73. The first kappa shape index (κ1) is 20.5. The summed E-state index contributed by atoms with van der Waals surface area (Å²) < 4.78 is 5.45. The average molecular weight is 369 g/mol. The number of rotatable bonds is 8. The Morgan fingerprint density at radius 2 is 1.89 bits per heavy atom. The zero-order valence-electron chi connectivity index (χ0n) is 16.3. The SMILES string of the molecule is CC[NH+](CC)c1ccc(C=NNC(=O)COc2ccc(C)c(C)c2)c([O-])c1. The number of carbonyl (C=O) groups is 1. The van der Waals surface area contributed by atoms with E-state index in [4.69, 9.17) is 4.74 Å². The minimum absolute atomic E-state index is 0.115. The summed E-state index contributed by atoms with van der Waals surface area (Å²) >= 11 is 0. The van der Waals surface area contributed by atoms with Crippen molar-refractivity contribution in [3.8, 4) is 11.5 Å². The molecule has 0 spiro atoms. The summed E-state index contributed by atoms with van der Waals surface area (Å²) in [5, 5.41) is 16.0. The molecule has 2 rings (SSSR count). The molecule has 0 fully saturated rings. The Morgan fingerprint density at radius 1 is 1.15 bits per heavy atom. The summed E-state index contributed by atoms with van der Waals surface area (Å²) in [7, 11) is 0. The molecule has 27 heavy (non-hydrogen) atoms. The summed E-state index contributed by atoms with van der Waals surface area (Å²) in [5.41, 5.74) is 6.04. The second-order valence-electron chi connectivity index (χ2n) is 6.39. The van der Waals surface area contributed by atoms with Crippen molar-refractivity contribution >= 4 is 17.8 Å². The molecule has 0 saturated heterocycles. The van der Waals surface area contributed by atoms with Gasteiger partial charge in [0.25, 0.3) is 5.91 Å². The Morgan fingerprint density at radius 3 is 2.52 bits per heavy atom. The van der Waals surface area contributed by atoms with E-state index in [-0.39, 0.29) is 18.3 Å². The lowest BCUT2D eigenvalue weighted by Crippen LogP contribution is -3.06. The van der Waals surface area contributed by atoms with Crippen molar-refractivity contribution in [2.75, 3.05) is 19.7 Å². The Hall–Kier alpha value is -2.86. The minimum atomic E-state index is -0.388. The first-order chi connectivity index (χ1) is 12.9. The van der Waals surface area contributed by atoms with Gasteiger partial charge in [0.2, 0.25) is 0 Å². The van der Waals surface area contributed by atoms with E-state index in [0.717, 1.165) is 24.3 Å². The van der Waals surface area contributed by atoms with Crippen molar-refractivity contribution < 1.29 is 19.5 Å². The van der Waals surface area contributed by atoms with Gasteiger partial charge < -0.3 is 14.7 Å². The molecule has 2 N–H and O–H groups in total. The molecule has 0 aliphatic carbocycles. The fraction of sp³-hybridized carbons (Fsp3) is 0.333. The van der Waals surface area contributed by atoms with Crippen LogP contribution in [-0.4, -0.2) is 31.8 Å². The summed E-state index contributed by atoms with van der Waals surface area (Å²) in [4.78, 5) is 13.1. The predicted molar refractivity (Wildman–Crippen MR) is 105 cm³/mol. The first-order valence-corrected chi connectivity index (χ1v) is 9.12. The van der Waals surface area contributed by atoms with Crippen LogP contribution in [0.2, 0.25) is 0 Å². The molecule has 2 aromatic rings. The lowest BCUT2D eigenvalue weighted by molar-refractivity contribution is -0.828. The Bertz CT molecular complexity index is 814. The van der Waals surface area contributed by atoms with E-state index in [0.29, 0.717) is 11.3 Å². The zero-order valence-corrected chi connectivity index (χ0v) is 16.3. The third-order valence-electron chi connectivity index (χ3n) is 4.52. The van der Waals surface area contributed by atoms with Crippen LogP contribution in [-0.2, 0) is 4.79 Å². The molecule has 0 aromatic heterocycles. The monoisotopic (exact) mass is 369 g/mol. The number of amides is 1. The molecule has 1 amide bonds. The Labute approximate surface area is 160 Å². The molecule has 0 unspecified atom stereocenters. The van der Waals surface area contributed by atoms with Gasteiger partial charge in [0.05, 0.1) is 19.3 Å². The van der Waals surface area contributed by atoms with Gasteiger partial charge >= 0.3 is 0 Å². The second-order valence-corrected chi connectivity index (χ2v) is 6.39. The van der Waals surface area contributed by atoms with Crippen LogP contribution in [0.5, 0.6) is 11.5 Å². The van der Waals surface area contributed by atoms with Gasteiger partial charge in [0, 0.05) is 0 Å². The van der Waals surface area contributed by atoms with Crippen LogP contribution in [0.15, 0.2) is 41.5 Å². The molecule has 0 atom stereocenters. The highest BCUT2D eigenvalue weighted by Gasteiger charge is 2.07. The highest BCUT2D eigenvalue weighted by molar-refractivity contribution is 5.85. The molecule has 0 bridgehead atoms. The maximum absolute atomic E-state index is 12.2. The van der Waals surface area contributed by atoms with Crippen molar-refractivity contribution in [2.45, 2.75) is 27.7 Å². The van der Waals surface area contributed by atoms with Crippen molar-refractivity contribution in [2.24, 2.45) is 5.10 Å². The van der Waals surface area contributed by atoms with Gasteiger partial charge in [-0.05, 0) is 74.7 Å². The van der Waals surface area contributed by atoms with Crippen molar-refractivity contribution in [1.29, 1.82) is 0 Å². The predicted octanol–water partition coefficient (Wildman–Crippen LogP) is 1.46. The van der Waals surface area contributed by atoms with E-state index >= 15 is 0 Å². The normalized spacial score (nSPS) is 11.1. The molecular weight excluding hydrogens is 342 g/mol. The van der Waals surface area contributed by atoms with Gasteiger partial charge in [0.1, 0.15) is 11.4 Å². The van der Waals surface area contributed by atoms with E-state index < -0.39 is 0 Å². The molecule has 0 radical (unpaired) electrons. The van der Waals surface area contributed by atoms with Gasteiger partial charge in [-0.1, -0.05) is 11.8 Å². The number of nitrogens with one attached hydrogen (secondary N) is 2. The quantitative estimate of drug-likeness (QED) is 0.546. The van der Waals surface area contributed by atoms with E-state index in [2.05, 4.69) is 24.4 Å². The number of carbonyl (C=O) groups excluding carboxylic acids is 1. The van der Waals surface area contributed by atoms with Crippen LogP contribution in [0.25, 0.3) is 0 Å². The third kappa shape index (κ3) is 5.82. The lowest BCUT2D eigenvalue weighted by atomic mass is 10.1. The van der Waals surface area contributed by atoms with Crippen molar-refractivity contribution in [1.82, 2.24) is 5.43 Å². The summed E-state index contributed by atoms with van der Waals surface area (Å²) in [6.07, 6.45) is 1.36. The topological polar surface area (TPSA) is 78.2 Å². The van der Waals surface area contributed by atoms with Crippen LogP contribution in [0.1, 0.15) is 30.5 Å². The molecule has 0 saturated carbocycles. The summed E-state index contributed by atoms with van der Waals surface area (Å²) in [6, 6.07) is 10.9. The summed E-state index contributed by atoms with van der Waals surface area (Å²) in [6.45, 7) is 9.84. The fourth-order valence-electron chi connectivity index (χ4n) is 2.68. The molecule has 6 nitrogen and oxygen atoms in total. The van der Waals surface area contributed by atoms with Gasteiger partial charge in [0.15, 0.2) is 6.61 Å². The maximum atomic E-state index is 12.2. The van der Waals surface area contributed by atoms with Crippen LogP contribution in [0.3, 0.4) is 0 Å². The van der Waals surface area contributed by atoms with Crippen molar-refractivity contribution in [3.63, 3.8) is 0 Å². The molecule has 6 heteroatoms. The fourth-order valence-corrected chi connectivity index (χ4v) is 2.68. The minimum Gasteiger partial charge on any atom is -0.872 e. The van der Waals surface area contributed by atoms with E-state index in [9.17, 15) is 9.90 Å². The Kier molecular flexibility index (Phi) is 7.37. The van der Waals surface area contributed by atoms with E-state index in [1.807, 2.05) is 38.1 Å². The number of hydrogen-bond donors (Lipinski definition) is 2. The first-order valence-electron chi connectivity index (χ1n) is 9.12. The smallest absolute Gasteiger partial charge is 0.277 e. The highest BCUT2D eigenvalue weighted by atomic mass is 16.5. The number of nitrogens with zero attached hydrogens (tertiary/aromatic N) is 1. The number of aryl methyl sites for hydroxylation is 2. The number of hydrogen-bond acceptors (Lipinski definition) is 4. The number of benzene rings is 2. The molecule has 0 heterocycles. The molecular formula is C21H27N3O3. The Balaban J connectivity index is 1.88. The largest absolute Gasteiger partial charge is 0.872 e. The number of ether oxygens (including phenoxy) is 1. The van der Waals surface area contributed by atoms with Gasteiger partial charge in [-0.2, -0.15) is 5.10 Å². The lowest BCUT2D eigenvalue weighted by Gasteiger charge is -2.18. The third-order valence-corrected chi connectivity index (χ3v) is 4.52. The maximum Gasteiger partial charge on any atom is 0.277 e. The van der Waals surface area contributed by atoms with E-state index in [1.54, 1.807) is 12.1 Å². The molecule has 0 aliphatic heterocycles. The van der Waals surface area contributed by atoms with E-state index in [1.165, 1.54) is 16.7 Å². The molecule has 2 aromatic carbocycles. The number of quaternary nitrogens is 1.